The molecule has 1 fully saturated rings. The molecule has 2 nitrogen and oxygen atoms in total. The zero-order chi connectivity index (χ0) is 13.1. The van der Waals surface area contributed by atoms with Crippen LogP contribution < -0.4 is 0 Å². The van der Waals surface area contributed by atoms with Crippen molar-refractivity contribution in [2.75, 3.05) is 20.3 Å². The summed E-state index contributed by atoms with van der Waals surface area (Å²) in [5.74, 6) is 0.582. The lowest BCUT2D eigenvalue weighted by atomic mass is 9.71. The van der Waals surface area contributed by atoms with E-state index in [4.69, 9.17) is 9.47 Å². The van der Waals surface area contributed by atoms with E-state index in [2.05, 4.69) is 36.4 Å². The Hall–Kier alpha value is -1.38. The fraction of sp³-hybridized carbons (Fsp3) is 0.412. The molecule has 1 saturated heterocycles. The van der Waals surface area contributed by atoms with Crippen molar-refractivity contribution in [2.24, 2.45) is 5.92 Å². The Bertz CT molecular complexity index is 487. The van der Waals surface area contributed by atoms with E-state index in [9.17, 15) is 0 Å². The third-order valence-electron chi connectivity index (χ3n) is 3.99. The molecule has 2 heteroatoms. The average molecular weight is 256 g/mol. The summed E-state index contributed by atoms with van der Waals surface area (Å²) >= 11 is 0. The lowest BCUT2D eigenvalue weighted by Gasteiger charge is -2.43. The highest BCUT2D eigenvalue weighted by molar-refractivity contribution is 5.57. The maximum atomic E-state index is 5.85. The molecule has 1 aliphatic carbocycles. The zero-order valence-electron chi connectivity index (χ0n) is 11.3. The second-order valence-corrected chi connectivity index (χ2v) is 5.20. The predicted octanol–water partition coefficient (Wildman–Crippen LogP) is 3.45. The van der Waals surface area contributed by atoms with Crippen molar-refractivity contribution < 1.29 is 9.47 Å². The second-order valence-electron chi connectivity index (χ2n) is 5.20. The summed E-state index contributed by atoms with van der Waals surface area (Å²) in [4.78, 5) is 0. The van der Waals surface area contributed by atoms with Crippen LogP contribution in [0.3, 0.4) is 0 Å². The van der Waals surface area contributed by atoms with E-state index in [1.165, 1.54) is 29.6 Å². The molecule has 1 aromatic rings. The summed E-state index contributed by atoms with van der Waals surface area (Å²) in [6.07, 6.45) is 7.16. The third kappa shape index (κ3) is 2.51. The van der Waals surface area contributed by atoms with E-state index < -0.39 is 0 Å². The molecule has 0 radical (unpaired) electrons. The molecule has 100 valence electrons. The molecule has 2 unspecified atom stereocenters. The molecule has 0 spiro atoms. The Morgan fingerprint density at radius 3 is 2.89 bits per heavy atom. The number of ether oxygens (including phenoxy) is 2. The Balaban J connectivity index is 1.81. The van der Waals surface area contributed by atoms with Gasteiger partial charge in [0.05, 0.1) is 12.7 Å². The van der Waals surface area contributed by atoms with Crippen LogP contribution in [-0.4, -0.2) is 26.4 Å². The normalized spacial score (nSPS) is 26.4. The molecule has 1 heterocycles. The van der Waals surface area contributed by atoms with Gasteiger partial charge in [-0.25, -0.2) is 0 Å². The van der Waals surface area contributed by atoms with Gasteiger partial charge in [0, 0.05) is 19.6 Å². The number of methoxy groups -OCH3 is 1. The van der Waals surface area contributed by atoms with Crippen LogP contribution in [0, 0.1) is 5.92 Å². The van der Waals surface area contributed by atoms with Gasteiger partial charge in [-0.15, -0.1) is 0 Å². The van der Waals surface area contributed by atoms with Crippen molar-refractivity contribution in [1.29, 1.82) is 0 Å². The molecule has 0 N–H and O–H groups in total. The van der Waals surface area contributed by atoms with Crippen LogP contribution in [0.4, 0.5) is 0 Å². The molecular weight excluding hydrogens is 236 g/mol. The molecule has 1 aliphatic heterocycles. The third-order valence-corrected chi connectivity index (χ3v) is 3.99. The molecule has 0 amide bonds. The Labute approximate surface area is 114 Å². The van der Waals surface area contributed by atoms with Gasteiger partial charge >= 0.3 is 0 Å². The van der Waals surface area contributed by atoms with Gasteiger partial charge in [-0.05, 0) is 29.6 Å². The number of benzene rings is 1. The van der Waals surface area contributed by atoms with Crippen molar-refractivity contribution in [3.05, 3.63) is 53.1 Å². The quantitative estimate of drug-likeness (QED) is 0.821. The first-order valence-electron chi connectivity index (χ1n) is 6.97. The number of hydrogen-bond donors (Lipinski definition) is 0. The van der Waals surface area contributed by atoms with E-state index >= 15 is 0 Å². The van der Waals surface area contributed by atoms with Crippen molar-refractivity contribution in [3.8, 4) is 0 Å². The molecule has 3 rings (SSSR count). The molecule has 2 atom stereocenters. The molecule has 0 bridgehead atoms. The van der Waals surface area contributed by atoms with Crippen LogP contribution in [0.25, 0.3) is 6.08 Å². The average Bonchev–Trinajstić information content (AvgIpc) is 2.46. The van der Waals surface area contributed by atoms with Gasteiger partial charge in [-0.2, -0.15) is 0 Å². The van der Waals surface area contributed by atoms with Gasteiger partial charge < -0.3 is 9.47 Å². The van der Waals surface area contributed by atoms with E-state index in [0.29, 0.717) is 18.6 Å². The molecule has 19 heavy (non-hydrogen) atoms. The largest absolute Gasteiger partial charge is 0.380 e. The van der Waals surface area contributed by atoms with Crippen LogP contribution in [0.2, 0.25) is 0 Å². The van der Waals surface area contributed by atoms with Gasteiger partial charge in [0.1, 0.15) is 0 Å². The first kappa shape index (κ1) is 12.6. The first-order valence-corrected chi connectivity index (χ1v) is 6.97. The Morgan fingerprint density at radius 1 is 1.26 bits per heavy atom. The Morgan fingerprint density at radius 2 is 2.11 bits per heavy atom. The fourth-order valence-corrected chi connectivity index (χ4v) is 3.05. The smallest absolute Gasteiger partial charge is 0.0881 e. The minimum absolute atomic E-state index is 0.309. The van der Waals surface area contributed by atoms with Gasteiger partial charge in [-0.3, -0.25) is 0 Å². The summed E-state index contributed by atoms with van der Waals surface area (Å²) in [6.45, 7) is 1.58. The highest BCUT2D eigenvalue weighted by Gasteiger charge is 2.41. The number of hydrogen-bond acceptors (Lipinski definition) is 2. The van der Waals surface area contributed by atoms with E-state index in [0.717, 1.165) is 6.61 Å². The maximum Gasteiger partial charge on any atom is 0.0881 e. The molecular formula is C17H20O2. The molecule has 0 aromatic heterocycles. The first-order chi connectivity index (χ1) is 9.40. The lowest BCUT2D eigenvalue weighted by Crippen LogP contribution is -2.42. The van der Waals surface area contributed by atoms with Crippen LogP contribution in [0.15, 0.2) is 47.6 Å². The monoisotopic (exact) mass is 256 g/mol. The summed E-state index contributed by atoms with van der Waals surface area (Å²) in [6, 6.07) is 10.4. The topological polar surface area (TPSA) is 18.5 Å². The predicted molar refractivity (Wildman–Crippen MR) is 76.8 cm³/mol. The summed E-state index contributed by atoms with van der Waals surface area (Å²) in [5, 5.41) is 0. The number of fused-ring (bicyclic) bond motifs is 1. The summed E-state index contributed by atoms with van der Waals surface area (Å²) in [5.41, 5.74) is 4.00. The van der Waals surface area contributed by atoms with Gasteiger partial charge in [0.2, 0.25) is 0 Å². The summed E-state index contributed by atoms with van der Waals surface area (Å²) < 4.78 is 11.2. The van der Waals surface area contributed by atoms with E-state index in [1.807, 2.05) is 6.07 Å². The van der Waals surface area contributed by atoms with Gasteiger partial charge in [0.15, 0.2) is 0 Å². The second kappa shape index (κ2) is 5.72. The number of allylic oxidation sites excluding steroid dienone is 1. The standard InChI is InChI=1S/C17H20O2/c1-18-12-16-14(15-8-5-11-19-17(15)16)10-9-13-6-3-2-4-7-13/h2-4,6-7,9-10,15,17H,5,8,11-12H2,1H3/b10-9+. The maximum absolute atomic E-state index is 5.85. The minimum atomic E-state index is 0.309. The molecule has 2 aliphatic rings. The summed E-state index contributed by atoms with van der Waals surface area (Å²) in [7, 11) is 1.75. The molecule has 0 saturated carbocycles. The lowest BCUT2D eigenvalue weighted by molar-refractivity contribution is -0.0187. The SMILES string of the molecule is COCC1=C(/C=C/c2ccccc2)C2CCCOC12. The van der Waals surface area contributed by atoms with Crippen molar-refractivity contribution in [1.82, 2.24) is 0 Å². The van der Waals surface area contributed by atoms with E-state index in [1.54, 1.807) is 7.11 Å². The van der Waals surface area contributed by atoms with Crippen molar-refractivity contribution in [2.45, 2.75) is 18.9 Å². The van der Waals surface area contributed by atoms with Crippen LogP contribution in [0.5, 0.6) is 0 Å². The zero-order valence-corrected chi connectivity index (χ0v) is 11.3. The van der Waals surface area contributed by atoms with Crippen LogP contribution in [-0.2, 0) is 9.47 Å². The highest BCUT2D eigenvalue weighted by Crippen LogP contribution is 2.43. The number of rotatable bonds is 4. The Kier molecular flexibility index (Phi) is 3.81. The minimum Gasteiger partial charge on any atom is -0.380 e. The van der Waals surface area contributed by atoms with E-state index in [-0.39, 0.29) is 0 Å². The highest BCUT2D eigenvalue weighted by atomic mass is 16.5. The van der Waals surface area contributed by atoms with Gasteiger partial charge in [0.25, 0.3) is 0 Å². The van der Waals surface area contributed by atoms with Crippen molar-refractivity contribution in [3.63, 3.8) is 0 Å². The fourth-order valence-electron chi connectivity index (χ4n) is 3.05. The van der Waals surface area contributed by atoms with Crippen LogP contribution >= 0.6 is 0 Å². The molecule has 1 aromatic carbocycles. The van der Waals surface area contributed by atoms with Crippen molar-refractivity contribution >= 4 is 6.08 Å². The van der Waals surface area contributed by atoms with Gasteiger partial charge in [-0.1, -0.05) is 42.5 Å². The van der Waals surface area contributed by atoms with Crippen LogP contribution in [0.1, 0.15) is 18.4 Å².